The summed E-state index contributed by atoms with van der Waals surface area (Å²) in [5.74, 6) is 0.0186. The number of carbonyl (C=O) groups excluding carboxylic acids is 2. The van der Waals surface area contributed by atoms with Gasteiger partial charge in [-0.15, -0.1) is 0 Å². The fourth-order valence-electron chi connectivity index (χ4n) is 4.88. The van der Waals surface area contributed by atoms with Crippen LogP contribution in [0.25, 0.3) is 0 Å². The largest absolute Gasteiger partial charge is 0.443 e. The molecule has 6 atom stereocenters. The van der Waals surface area contributed by atoms with Crippen molar-refractivity contribution in [1.29, 1.82) is 0 Å². The molecule has 3 unspecified atom stereocenters. The summed E-state index contributed by atoms with van der Waals surface area (Å²) in [6, 6.07) is 0. The van der Waals surface area contributed by atoms with Crippen LogP contribution < -0.4 is 10.6 Å². The number of hydrogen-bond donors (Lipinski definition) is 2. The van der Waals surface area contributed by atoms with E-state index in [1.807, 2.05) is 6.92 Å². The van der Waals surface area contributed by atoms with Crippen molar-refractivity contribution in [3.8, 4) is 0 Å². The highest BCUT2D eigenvalue weighted by molar-refractivity contribution is 5.75. The molecule has 3 rings (SSSR count). The van der Waals surface area contributed by atoms with Crippen LogP contribution in [-0.2, 0) is 23.7 Å². The van der Waals surface area contributed by atoms with Gasteiger partial charge in [-0.3, -0.25) is 4.79 Å². The molecule has 2 aliphatic heterocycles. The molecule has 0 aromatic rings. The van der Waals surface area contributed by atoms with Crippen LogP contribution in [0.1, 0.15) is 59.8 Å². The lowest BCUT2D eigenvalue weighted by Crippen LogP contribution is -2.56. The van der Waals surface area contributed by atoms with Gasteiger partial charge < -0.3 is 29.6 Å². The van der Waals surface area contributed by atoms with E-state index in [0.29, 0.717) is 39.0 Å². The van der Waals surface area contributed by atoms with Gasteiger partial charge in [0.2, 0.25) is 5.91 Å². The number of hydrogen-bond acceptors (Lipinski definition) is 6. The van der Waals surface area contributed by atoms with Crippen LogP contribution in [0.15, 0.2) is 11.6 Å². The normalized spacial score (nSPS) is 35.9. The van der Waals surface area contributed by atoms with Gasteiger partial charge in [-0.25, -0.2) is 4.79 Å². The van der Waals surface area contributed by atoms with E-state index < -0.39 is 6.09 Å². The molecule has 0 radical (unpaired) electrons. The smallest absolute Gasteiger partial charge is 0.407 e. The lowest BCUT2D eigenvalue weighted by Gasteiger charge is -2.42. The van der Waals surface area contributed by atoms with Crippen LogP contribution in [0.3, 0.4) is 0 Å². The average Bonchev–Trinajstić information content (AvgIpc) is 3.64. The summed E-state index contributed by atoms with van der Waals surface area (Å²) in [4.78, 5) is 23.6. The van der Waals surface area contributed by atoms with E-state index in [-0.39, 0.29) is 41.3 Å². The zero-order chi connectivity index (χ0) is 22.6. The predicted octanol–water partition coefficient (Wildman–Crippen LogP) is 2.71. The number of epoxide rings is 2. The van der Waals surface area contributed by atoms with Gasteiger partial charge in [-0.2, -0.15) is 0 Å². The standard InChI is InChI=1S/C23H38N2O6/c1-6-18(26)24-12-7-13-25-21(27)30-16-10-11-23(14-29-23)20(19(16)28-5)22(4)17(31-22)9-8-15(2)3/h8,16-17,19-20H,6-7,9-14H2,1-5H3,(H,24,26)(H,25,27)/t16?,17-,19?,20?,22+,23+/m1/s1. The van der Waals surface area contributed by atoms with Crippen molar-refractivity contribution in [2.75, 3.05) is 26.8 Å². The zero-order valence-electron chi connectivity index (χ0n) is 19.5. The molecule has 8 nitrogen and oxygen atoms in total. The Kier molecular flexibility index (Phi) is 7.65. The molecule has 3 fully saturated rings. The van der Waals surface area contributed by atoms with E-state index >= 15 is 0 Å². The Bertz CT molecular complexity index is 688. The van der Waals surface area contributed by atoms with E-state index in [0.717, 1.165) is 12.8 Å². The summed E-state index contributed by atoms with van der Waals surface area (Å²) in [5, 5.41) is 5.56. The molecular weight excluding hydrogens is 400 g/mol. The molecule has 2 saturated heterocycles. The minimum Gasteiger partial charge on any atom is -0.443 e. The Morgan fingerprint density at radius 1 is 1.23 bits per heavy atom. The summed E-state index contributed by atoms with van der Waals surface area (Å²) in [6.45, 7) is 9.78. The summed E-state index contributed by atoms with van der Waals surface area (Å²) in [5.41, 5.74) is 0.691. The highest BCUT2D eigenvalue weighted by Gasteiger charge is 2.72. The van der Waals surface area contributed by atoms with Gasteiger partial charge in [0.05, 0.1) is 18.6 Å². The number of rotatable bonds is 10. The lowest BCUT2D eigenvalue weighted by atomic mass is 9.68. The van der Waals surface area contributed by atoms with Gasteiger partial charge >= 0.3 is 6.09 Å². The third-order valence-corrected chi connectivity index (χ3v) is 6.76. The molecular formula is C23H38N2O6. The third kappa shape index (κ3) is 5.59. The van der Waals surface area contributed by atoms with Gasteiger partial charge in [0.1, 0.15) is 23.4 Å². The average molecular weight is 439 g/mol. The van der Waals surface area contributed by atoms with Crippen molar-refractivity contribution in [3.63, 3.8) is 0 Å². The number of carbonyl (C=O) groups is 2. The van der Waals surface area contributed by atoms with Crippen molar-refractivity contribution < 1.29 is 28.5 Å². The number of alkyl carbamates (subject to hydrolysis) is 1. The second-order valence-corrected chi connectivity index (χ2v) is 9.31. The summed E-state index contributed by atoms with van der Waals surface area (Å²) in [7, 11) is 1.67. The quantitative estimate of drug-likeness (QED) is 0.309. The maximum absolute atomic E-state index is 12.4. The fraction of sp³-hybridized carbons (Fsp3) is 0.826. The number of allylic oxidation sites excluding steroid dienone is 1. The van der Waals surface area contributed by atoms with Crippen LogP contribution in [0.2, 0.25) is 0 Å². The minimum absolute atomic E-state index is 0.00802. The molecule has 3 aliphatic rings. The van der Waals surface area contributed by atoms with Crippen LogP contribution in [-0.4, -0.2) is 68.3 Å². The SMILES string of the molecule is CCC(=O)NCCCNC(=O)OC1CC[C@]2(CO2)C([C@@]2(C)O[C@@H]2CC=C(C)C)C1OC. The highest BCUT2D eigenvalue weighted by Crippen LogP contribution is 2.59. The maximum Gasteiger partial charge on any atom is 0.407 e. The van der Waals surface area contributed by atoms with Crippen molar-refractivity contribution in [1.82, 2.24) is 10.6 Å². The van der Waals surface area contributed by atoms with Crippen molar-refractivity contribution >= 4 is 12.0 Å². The van der Waals surface area contributed by atoms with Gasteiger partial charge in [0.15, 0.2) is 0 Å². The first-order valence-electron chi connectivity index (χ1n) is 11.4. The van der Waals surface area contributed by atoms with Crippen LogP contribution >= 0.6 is 0 Å². The molecule has 8 heteroatoms. The Morgan fingerprint density at radius 2 is 1.94 bits per heavy atom. The van der Waals surface area contributed by atoms with Crippen molar-refractivity contribution in [2.24, 2.45) is 5.92 Å². The molecule has 1 saturated carbocycles. The van der Waals surface area contributed by atoms with Crippen LogP contribution in [0.4, 0.5) is 4.79 Å². The summed E-state index contributed by atoms with van der Waals surface area (Å²) >= 11 is 0. The molecule has 0 aromatic heterocycles. The van der Waals surface area contributed by atoms with Crippen LogP contribution in [0.5, 0.6) is 0 Å². The first-order chi connectivity index (χ1) is 14.8. The lowest BCUT2D eigenvalue weighted by molar-refractivity contribution is -0.120. The van der Waals surface area contributed by atoms with E-state index in [4.69, 9.17) is 18.9 Å². The summed E-state index contributed by atoms with van der Waals surface area (Å²) in [6.07, 6.45) is 4.73. The van der Waals surface area contributed by atoms with Crippen molar-refractivity contribution in [2.45, 2.75) is 89.3 Å². The first-order valence-corrected chi connectivity index (χ1v) is 11.4. The van der Waals surface area contributed by atoms with E-state index in [1.165, 1.54) is 5.57 Å². The second-order valence-electron chi connectivity index (χ2n) is 9.31. The Hall–Kier alpha value is -1.64. The monoisotopic (exact) mass is 438 g/mol. The topological polar surface area (TPSA) is 102 Å². The van der Waals surface area contributed by atoms with E-state index in [1.54, 1.807) is 7.11 Å². The van der Waals surface area contributed by atoms with Gasteiger partial charge in [0, 0.05) is 26.6 Å². The zero-order valence-corrected chi connectivity index (χ0v) is 19.5. The molecule has 0 aromatic carbocycles. The molecule has 31 heavy (non-hydrogen) atoms. The molecule has 1 aliphatic carbocycles. The number of methoxy groups -OCH3 is 1. The number of nitrogens with one attached hydrogen (secondary N) is 2. The van der Waals surface area contributed by atoms with E-state index in [2.05, 4.69) is 37.5 Å². The number of amides is 2. The highest BCUT2D eigenvalue weighted by atomic mass is 16.6. The van der Waals surface area contributed by atoms with Crippen molar-refractivity contribution in [3.05, 3.63) is 11.6 Å². The number of ether oxygens (including phenoxy) is 4. The molecule has 0 bridgehead atoms. The Labute approximate surface area is 185 Å². The van der Waals surface area contributed by atoms with E-state index in [9.17, 15) is 9.59 Å². The first kappa shape index (κ1) is 24.0. The molecule has 2 heterocycles. The molecule has 176 valence electrons. The van der Waals surface area contributed by atoms with Crippen LogP contribution in [0, 0.1) is 5.92 Å². The Balaban J connectivity index is 1.54. The molecule has 1 spiro atoms. The minimum atomic E-state index is -0.455. The third-order valence-electron chi connectivity index (χ3n) is 6.76. The van der Waals surface area contributed by atoms with Gasteiger partial charge in [-0.1, -0.05) is 18.6 Å². The molecule has 2 N–H and O–H groups in total. The molecule has 2 amide bonds. The predicted molar refractivity (Wildman–Crippen MR) is 116 cm³/mol. The van der Waals surface area contributed by atoms with Gasteiger partial charge in [0.25, 0.3) is 0 Å². The fourth-order valence-corrected chi connectivity index (χ4v) is 4.88. The van der Waals surface area contributed by atoms with Gasteiger partial charge in [-0.05, 0) is 46.5 Å². The summed E-state index contributed by atoms with van der Waals surface area (Å²) < 4.78 is 23.8. The Morgan fingerprint density at radius 3 is 2.55 bits per heavy atom. The second kappa shape index (κ2) is 9.88. The maximum atomic E-state index is 12.4.